The van der Waals surface area contributed by atoms with Gasteiger partial charge in [0.15, 0.2) is 0 Å². The normalized spacial score (nSPS) is 17.3. The molecule has 1 aliphatic heterocycles. The molecule has 82 valence electrons. The maximum absolute atomic E-state index is 11.9. The summed E-state index contributed by atoms with van der Waals surface area (Å²) in [4.78, 5) is 13.6. The Kier molecular flexibility index (Phi) is 4.39. The molecule has 0 radical (unpaired) electrons. The Bertz CT molecular complexity index is 182. The predicted molar refractivity (Wildman–Crippen MR) is 55.9 cm³/mol. The largest absolute Gasteiger partial charge is 0.389 e. The van der Waals surface area contributed by atoms with Gasteiger partial charge in [-0.1, -0.05) is 26.7 Å². The van der Waals surface area contributed by atoms with Crippen molar-refractivity contribution in [3.63, 3.8) is 0 Å². The molecule has 14 heavy (non-hydrogen) atoms. The van der Waals surface area contributed by atoms with E-state index in [-0.39, 0.29) is 17.9 Å². The number of rotatable bonds is 5. The summed E-state index contributed by atoms with van der Waals surface area (Å²) in [5.41, 5.74) is 0. The number of amides is 1. The highest BCUT2D eigenvalue weighted by Crippen LogP contribution is 2.20. The van der Waals surface area contributed by atoms with Crippen molar-refractivity contribution in [2.45, 2.75) is 45.6 Å². The van der Waals surface area contributed by atoms with Crippen LogP contribution in [0.1, 0.15) is 39.5 Å². The maximum atomic E-state index is 11.9. The van der Waals surface area contributed by atoms with Crippen molar-refractivity contribution >= 4 is 5.91 Å². The number of carbonyl (C=O) groups excluding carboxylic acids is 1. The van der Waals surface area contributed by atoms with E-state index in [9.17, 15) is 4.79 Å². The Balaban J connectivity index is 2.38. The summed E-state index contributed by atoms with van der Waals surface area (Å²) in [5.74, 6) is 0.441. The zero-order valence-corrected chi connectivity index (χ0v) is 9.20. The van der Waals surface area contributed by atoms with E-state index in [0.29, 0.717) is 13.1 Å². The van der Waals surface area contributed by atoms with E-state index < -0.39 is 0 Å². The smallest absolute Gasteiger partial charge is 0.225 e. The van der Waals surface area contributed by atoms with Gasteiger partial charge in [0.1, 0.15) is 0 Å². The molecular formula is C11H21NO2. The third kappa shape index (κ3) is 2.71. The Hall–Kier alpha value is -0.570. The Morgan fingerprint density at radius 3 is 2.21 bits per heavy atom. The van der Waals surface area contributed by atoms with Crippen molar-refractivity contribution < 1.29 is 9.90 Å². The van der Waals surface area contributed by atoms with Gasteiger partial charge in [0.05, 0.1) is 6.10 Å². The quantitative estimate of drug-likeness (QED) is 0.727. The third-order valence-electron chi connectivity index (χ3n) is 2.80. The van der Waals surface area contributed by atoms with Crippen molar-refractivity contribution in [3.8, 4) is 0 Å². The van der Waals surface area contributed by atoms with Gasteiger partial charge in [-0.15, -0.1) is 0 Å². The lowest BCUT2D eigenvalue weighted by Crippen LogP contribution is -2.55. The molecule has 1 aliphatic rings. The molecule has 3 heteroatoms. The molecule has 1 amide bonds. The highest BCUT2D eigenvalue weighted by Gasteiger charge is 2.32. The first-order chi connectivity index (χ1) is 6.69. The zero-order valence-electron chi connectivity index (χ0n) is 9.20. The second kappa shape index (κ2) is 5.35. The third-order valence-corrected chi connectivity index (χ3v) is 2.80. The standard InChI is InChI=1S/C11H21NO2/c1-3-5-9(6-4-2)11(14)12-7-10(13)8-12/h9-10,13H,3-8H2,1-2H3. The second-order valence-electron chi connectivity index (χ2n) is 4.17. The fourth-order valence-corrected chi connectivity index (χ4v) is 1.98. The van der Waals surface area contributed by atoms with Crippen molar-refractivity contribution in [1.82, 2.24) is 4.90 Å². The number of hydrogen-bond donors (Lipinski definition) is 1. The fraction of sp³-hybridized carbons (Fsp3) is 0.909. The van der Waals surface area contributed by atoms with Crippen LogP contribution in [0.25, 0.3) is 0 Å². The lowest BCUT2D eigenvalue weighted by molar-refractivity contribution is -0.146. The SMILES string of the molecule is CCCC(CCC)C(=O)N1CC(O)C1. The minimum atomic E-state index is -0.275. The second-order valence-corrected chi connectivity index (χ2v) is 4.17. The number of likely N-dealkylation sites (tertiary alicyclic amines) is 1. The molecule has 3 nitrogen and oxygen atoms in total. The van der Waals surface area contributed by atoms with E-state index in [0.717, 1.165) is 25.7 Å². The first-order valence-electron chi connectivity index (χ1n) is 5.65. The number of β-amino-alcohol motifs (C(OH)–C–C–N with tert-alkyl or cyclic N) is 1. The number of aliphatic hydroxyl groups is 1. The van der Waals surface area contributed by atoms with Gasteiger partial charge in [-0.3, -0.25) is 4.79 Å². The van der Waals surface area contributed by atoms with E-state index in [2.05, 4.69) is 13.8 Å². The van der Waals surface area contributed by atoms with Crippen LogP contribution in [-0.4, -0.2) is 35.1 Å². The number of carbonyl (C=O) groups is 1. The molecule has 0 aromatic rings. The minimum absolute atomic E-state index is 0.192. The number of aliphatic hydroxyl groups excluding tert-OH is 1. The average Bonchev–Trinajstić information content (AvgIpc) is 2.12. The highest BCUT2D eigenvalue weighted by atomic mass is 16.3. The molecule has 0 aromatic heterocycles. The van der Waals surface area contributed by atoms with Gasteiger partial charge in [-0.2, -0.15) is 0 Å². The Morgan fingerprint density at radius 2 is 1.86 bits per heavy atom. The van der Waals surface area contributed by atoms with Crippen molar-refractivity contribution in [3.05, 3.63) is 0 Å². The van der Waals surface area contributed by atoms with Crippen LogP contribution < -0.4 is 0 Å². The zero-order chi connectivity index (χ0) is 10.6. The topological polar surface area (TPSA) is 40.5 Å². The van der Waals surface area contributed by atoms with Crippen molar-refractivity contribution in [2.24, 2.45) is 5.92 Å². The van der Waals surface area contributed by atoms with E-state index in [4.69, 9.17) is 5.11 Å². The summed E-state index contributed by atoms with van der Waals surface area (Å²) in [6.45, 7) is 5.31. The fourth-order valence-electron chi connectivity index (χ4n) is 1.98. The molecule has 0 atom stereocenters. The lowest BCUT2D eigenvalue weighted by atomic mass is 9.95. The van der Waals surface area contributed by atoms with Crippen LogP contribution >= 0.6 is 0 Å². The van der Waals surface area contributed by atoms with E-state index >= 15 is 0 Å². The van der Waals surface area contributed by atoms with Crippen LogP contribution in [0.15, 0.2) is 0 Å². The van der Waals surface area contributed by atoms with E-state index in [1.807, 2.05) is 0 Å². The number of hydrogen-bond acceptors (Lipinski definition) is 2. The first kappa shape index (κ1) is 11.5. The lowest BCUT2D eigenvalue weighted by Gasteiger charge is -2.38. The van der Waals surface area contributed by atoms with Crippen LogP contribution in [0.2, 0.25) is 0 Å². The minimum Gasteiger partial charge on any atom is -0.389 e. The molecule has 1 fully saturated rings. The first-order valence-corrected chi connectivity index (χ1v) is 5.65. The molecule has 1 N–H and O–H groups in total. The van der Waals surface area contributed by atoms with Crippen LogP contribution in [0.3, 0.4) is 0 Å². The summed E-state index contributed by atoms with van der Waals surface area (Å²) < 4.78 is 0. The van der Waals surface area contributed by atoms with Gasteiger partial charge in [0.2, 0.25) is 5.91 Å². The Morgan fingerprint density at radius 1 is 1.36 bits per heavy atom. The summed E-state index contributed by atoms with van der Waals surface area (Å²) in [6, 6.07) is 0. The summed E-state index contributed by atoms with van der Waals surface area (Å²) in [6.07, 6.45) is 3.82. The monoisotopic (exact) mass is 199 g/mol. The molecule has 0 saturated carbocycles. The van der Waals surface area contributed by atoms with Gasteiger partial charge in [-0.05, 0) is 12.8 Å². The van der Waals surface area contributed by atoms with E-state index in [1.54, 1.807) is 4.90 Å². The van der Waals surface area contributed by atoms with E-state index in [1.165, 1.54) is 0 Å². The molecule has 0 bridgehead atoms. The molecule has 0 aromatic carbocycles. The van der Waals surface area contributed by atoms with Gasteiger partial charge in [0.25, 0.3) is 0 Å². The predicted octanol–water partition coefficient (Wildman–Crippen LogP) is 1.41. The summed E-state index contributed by atoms with van der Waals surface area (Å²) in [7, 11) is 0. The van der Waals surface area contributed by atoms with Crippen molar-refractivity contribution in [1.29, 1.82) is 0 Å². The van der Waals surface area contributed by atoms with Gasteiger partial charge >= 0.3 is 0 Å². The Labute approximate surface area is 86.1 Å². The maximum Gasteiger partial charge on any atom is 0.225 e. The summed E-state index contributed by atoms with van der Waals surface area (Å²) in [5, 5.41) is 9.11. The van der Waals surface area contributed by atoms with Crippen molar-refractivity contribution in [2.75, 3.05) is 13.1 Å². The van der Waals surface area contributed by atoms with Crippen LogP contribution in [0.5, 0.6) is 0 Å². The molecule has 1 rings (SSSR count). The highest BCUT2D eigenvalue weighted by molar-refractivity contribution is 5.79. The summed E-state index contributed by atoms with van der Waals surface area (Å²) >= 11 is 0. The molecule has 0 aliphatic carbocycles. The molecular weight excluding hydrogens is 178 g/mol. The van der Waals surface area contributed by atoms with Crippen LogP contribution in [-0.2, 0) is 4.79 Å². The molecule has 1 saturated heterocycles. The molecule has 0 unspecified atom stereocenters. The number of nitrogens with zero attached hydrogens (tertiary/aromatic N) is 1. The van der Waals surface area contributed by atoms with Crippen LogP contribution in [0.4, 0.5) is 0 Å². The molecule has 0 spiro atoms. The molecule has 1 heterocycles. The average molecular weight is 199 g/mol. The van der Waals surface area contributed by atoms with Gasteiger partial charge in [-0.25, -0.2) is 0 Å². The van der Waals surface area contributed by atoms with Gasteiger partial charge in [0, 0.05) is 19.0 Å². The van der Waals surface area contributed by atoms with Crippen LogP contribution in [0, 0.1) is 5.92 Å². The van der Waals surface area contributed by atoms with Gasteiger partial charge < -0.3 is 10.0 Å².